The summed E-state index contributed by atoms with van der Waals surface area (Å²) in [6.07, 6.45) is 4.55. The summed E-state index contributed by atoms with van der Waals surface area (Å²) < 4.78 is 26.1. The maximum absolute atomic E-state index is 11.7. The molecule has 0 radical (unpaired) electrons. The predicted molar refractivity (Wildman–Crippen MR) is 77.2 cm³/mol. The molecule has 17 heavy (non-hydrogen) atoms. The summed E-state index contributed by atoms with van der Waals surface area (Å²) in [6.45, 7) is 5.81. The summed E-state index contributed by atoms with van der Waals surface area (Å²) in [5, 5.41) is 3.19. The summed E-state index contributed by atoms with van der Waals surface area (Å²) in [5.41, 5.74) is 0. The largest absolute Gasteiger partial charge is 0.317 e. The number of unbranched alkanes of at least 4 members (excludes halogenated alkanes) is 1. The van der Waals surface area contributed by atoms with Gasteiger partial charge >= 0.3 is 0 Å². The van der Waals surface area contributed by atoms with Gasteiger partial charge in [-0.15, -0.1) is 0 Å². The molecular formula is C11H26N2O2S2. The third-order valence-electron chi connectivity index (χ3n) is 2.40. The van der Waals surface area contributed by atoms with Crippen molar-refractivity contribution >= 4 is 21.8 Å². The van der Waals surface area contributed by atoms with E-state index in [-0.39, 0.29) is 11.8 Å². The number of sulfonamides is 1. The highest BCUT2D eigenvalue weighted by Gasteiger charge is 2.13. The van der Waals surface area contributed by atoms with E-state index in [1.165, 1.54) is 0 Å². The van der Waals surface area contributed by atoms with E-state index in [0.717, 1.165) is 38.1 Å². The Labute approximate surface area is 110 Å². The van der Waals surface area contributed by atoms with Gasteiger partial charge in [-0.05, 0) is 51.3 Å². The standard InChI is InChI=1S/C11H26N2O2S2/c1-4-12-8-5-6-10-17(14,15)13-11(2)7-9-16-3/h11-13H,4-10H2,1-3H3. The zero-order chi connectivity index (χ0) is 13.1. The molecule has 0 rings (SSSR count). The first-order valence-electron chi connectivity index (χ1n) is 6.21. The van der Waals surface area contributed by atoms with E-state index in [2.05, 4.69) is 10.0 Å². The quantitative estimate of drug-likeness (QED) is 0.563. The van der Waals surface area contributed by atoms with Gasteiger partial charge in [-0.1, -0.05) is 6.92 Å². The number of rotatable bonds is 11. The molecule has 2 N–H and O–H groups in total. The predicted octanol–water partition coefficient (Wildman–Crippen LogP) is 1.44. The molecule has 0 fully saturated rings. The van der Waals surface area contributed by atoms with Crippen LogP contribution in [0.4, 0.5) is 0 Å². The molecule has 1 unspecified atom stereocenters. The van der Waals surface area contributed by atoms with Crippen LogP contribution in [0.5, 0.6) is 0 Å². The summed E-state index contributed by atoms with van der Waals surface area (Å²) in [6, 6.07) is 0.0428. The Hall–Kier alpha value is 0.220. The van der Waals surface area contributed by atoms with Crippen molar-refractivity contribution in [2.45, 2.75) is 39.2 Å². The molecule has 0 saturated heterocycles. The smallest absolute Gasteiger partial charge is 0.211 e. The fraction of sp³-hybridized carbons (Fsp3) is 1.00. The second kappa shape index (κ2) is 10.2. The van der Waals surface area contributed by atoms with E-state index in [0.29, 0.717) is 0 Å². The Bertz CT molecular complexity index is 269. The molecule has 104 valence electrons. The van der Waals surface area contributed by atoms with Gasteiger partial charge in [0.15, 0.2) is 0 Å². The molecule has 1 atom stereocenters. The van der Waals surface area contributed by atoms with Crippen molar-refractivity contribution in [2.75, 3.05) is 30.9 Å². The minimum Gasteiger partial charge on any atom is -0.317 e. The minimum atomic E-state index is -3.09. The van der Waals surface area contributed by atoms with Crippen LogP contribution in [0.25, 0.3) is 0 Å². The van der Waals surface area contributed by atoms with Gasteiger partial charge in [0, 0.05) is 6.04 Å². The van der Waals surface area contributed by atoms with E-state index in [1.807, 2.05) is 20.1 Å². The molecule has 0 aliphatic rings. The van der Waals surface area contributed by atoms with E-state index < -0.39 is 10.0 Å². The minimum absolute atomic E-state index is 0.0428. The summed E-state index contributed by atoms with van der Waals surface area (Å²) in [4.78, 5) is 0. The first-order chi connectivity index (χ1) is 8.02. The molecule has 0 aromatic heterocycles. The van der Waals surface area contributed by atoms with Crippen molar-refractivity contribution in [1.29, 1.82) is 0 Å². The van der Waals surface area contributed by atoms with Crippen LogP contribution in [-0.2, 0) is 10.0 Å². The van der Waals surface area contributed by atoms with Gasteiger partial charge in [-0.2, -0.15) is 11.8 Å². The van der Waals surface area contributed by atoms with Crippen LogP contribution >= 0.6 is 11.8 Å². The van der Waals surface area contributed by atoms with Crippen LogP contribution in [0.1, 0.15) is 33.1 Å². The first kappa shape index (κ1) is 17.2. The van der Waals surface area contributed by atoms with Gasteiger partial charge in [-0.25, -0.2) is 13.1 Å². The number of hydrogen-bond donors (Lipinski definition) is 2. The van der Waals surface area contributed by atoms with Gasteiger partial charge in [0.05, 0.1) is 5.75 Å². The number of hydrogen-bond acceptors (Lipinski definition) is 4. The van der Waals surface area contributed by atoms with Gasteiger partial charge in [0.2, 0.25) is 10.0 Å². The highest BCUT2D eigenvalue weighted by atomic mass is 32.2. The first-order valence-corrected chi connectivity index (χ1v) is 9.26. The molecule has 0 amide bonds. The lowest BCUT2D eigenvalue weighted by Crippen LogP contribution is -2.34. The summed E-state index contributed by atoms with van der Waals surface area (Å²) in [7, 11) is -3.09. The van der Waals surface area contributed by atoms with Crippen molar-refractivity contribution in [3.8, 4) is 0 Å². The fourth-order valence-electron chi connectivity index (χ4n) is 1.44. The van der Waals surface area contributed by atoms with E-state index >= 15 is 0 Å². The van der Waals surface area contributed by atoms with E-state index in [4.69, 9.17) is 0 Å². The van der Waals surface area contributed by atoms with E-state index in [9.17, 15) is 8.42 Å². The SMILES string of the molecule is CCNCCCCS(=O)(=O)NC(C)CCSC. The highest BCUT2D eigenvalue weighted by Crippen LogP contribution is 2.02. The lowest BCUT2D eigenvalue weighted by atomic mass is 10.3. The molecule has 0 heterocycles. The normalized spacial score (nSPS) is 13.8. The zero-order valence-corrected chi connectivity index (χ0v) is 12.8. The fourth-order valence-corrected chi connectivity index (χ4v) is 3.46. The van der Waals surface area contributed by atoms with Crippen LogP contribution in [0.2, 0.25) is 0 Å². The van der Waals surface area contributed by atoms with Crippen molar-refractivity contribution in [2.24, 2.45) is 0 Å². The molecule has 0 aliphatic carbocycles. The third kappa shape index (κ3) is 11.1. The second-order valence-corrected chi connectivity index (χ2v) is 7.04. The topological polar surface area (TPSA) is 58.2 Å². The van der Waals surface area contributed by atoms with Gasteiger partial charge in [0.25, 0.3) is 0 Å². The number of thioether (sulfide) groups is 1. The van der Waals surface area contributed by atoms with E-state index in [1.54, 1.807) is 11.8 Å². The molecule has 0 aromatic carbocycles. The van der Waals surface area contributed by atoms with Gasteiger partial charge in [0.1, 0.15) is 0 Å². The molecule has 0 aromatic rings. The molecule has 0 spiro atoms. The van der Waals surface area contributed by atoms with Crippen LogP contribution in [0, 0.1) is 0 Å². The molecular weight excluding hydrogens is 256 g/mol. The zero-order valence-electron chi connectivity index (χ0n) is 11.2. The molecule has 0 aliphatic heterocycles. The average molecular weight is 282 g/mol. The van der Waals surface area contributed by atoms with Gasteiger partial charge < -0.3 is 5.32 Å². The monoisotopic (exact) mass is 282 g/mol. The average Bonchev–Trinajstić information content (AvgIpc) is 2.25. The lowest BCUT2D eigenvalue weighted by molar-refractivity contribution is 0.552. The van der Waals surface area contributed by atoms with Crippen LogP contribution in [0.15, 0.2) is 0 Å². The molecule has 6 heteroatoms. The molecule has 0 bridgehead atoms. The van der Waals surface area contributed by atoms with Crippen molar-refractivity contribution < 1.29 is 8.42 Å². The van der Waals surface area contributed by atoms with Crippen molar-refractivity contribution in [3.05, 3.63) is 0 Å². The maximum Gasteiger partial charge on any atom is 0.211 e. The Morgan fingerprint density at radius 1 is 1.29 bits per heavy atom. The van der Waals surface area contributed by atoms with Crippen molar-refractivity contribution in [1.82, 2.24) is 10.0 Å². The van der Waals surface area contributed by atoms with Crippen molar-refractivity contribution in [3.63, 3.8) is 0 Å². The van der Waals surface area contributed by atoms with Crippen LogP contribution < -0.4 is 10.0 Å². The Kier molecular flexibility index (Phi) is 10.3. The summed E-state index contributed by atoms with van der Waals surface area (Å²) >= 11 is 1.74. The maximum atomic E-state index is 11.7. The van der Waals surface area contributed by atoms with Crippen LogP contribution in [0.3, 0.4) is 0 Å². The Balaban J connectivity index is 3.72. The summed E-state index contributed by atoms with van der Waals surface area (Å²) in [5.74, 6) is 1.23. The Morgan fingerprint density at radius 2 is 2.00 bits per heavy atom. The number of nitrogens with one attached hydrogen (secondary N) is 2. The Morgan fingerprint density at radius 3 is 2.59 bits per heavy atom. The van der Waals surface area contributed by atoms with Gasteiger partial charge in [-0.3, -0.25) is 0 Å². The molecule has 4 nitrogen and oxygen atoms in total. The van der Waals surface area contributed by atoms with Crippen LogP contribution in [-0.4, -0.2) is 45.3 Å². The lowest BCUT2D eigenvalue weighted by Gasteiger charge is -2.13. The second-order valence-electron chi connectivity index (χ2n) is 4.18. The third-order valence-corrected chi connectivity index (χ3v) is 4.63. The molecule has 0 saturated carbocycles. The highest BCUT2D eigenvalue weighted by molar-refractivity contribution is 7.98.